The summed E-state index contributed by atoms with van der Waals surface area (Å²) in [6.45, 7) is 2.73. The number of pyridine rings is 2. The average Bonchev–Trinajstić information content (AvgIpc) is 3.81. The largest absolute Gasteiger partial charge is 0.478 e. The van der Waals surface area contributed by atoms with Crippen molar-refractivity contribution in [1.29, 1.82) is 0 Å². The van der Waals surface area contributed by atoms with Crippen LogP contribution in [0.5, 0.6) is 0 Å². The number of aromatic carboxylic acids is 2. The molecule has 0 aliphatic heterocycles. The molecule has 0 saturated heterocycles. The van der Waals surface area contributed by atoms with Crippen LogP contribution in [-0.4, -0.2) is 92.7 Å². The van der Waals surface area contributed by atoms with Gasteiger partial charge in [-0.05, 0) is 75.3 Å². The number of ether oxygens (including phenoxy) is 1. The Morgan fingerprint density at radius 2 is 1.51 bits per heavy atom. The molecule has 1 aromatic carbocycles. The van der Waals surface area contributed by atoms with E-state index in [2.05, 4.69) is 48.9 Å². The SMILES string of the molecule is CN(C)CCOC(c1cccc(CN(C)CC(c2cc3nccc(C(=O)O)c3[nH]2)C2CCCC2)c1)c1cc2nccc(C(=O)O)c2[nH]1. The highest BCUT2D eigenvalue weighted by Gasteiger charge is 2.30. The number of nitrogens with one attached hydrogen (secondary N) is 2. The zero-order chi connectivity index (χ0) is 33.1. The van der Waals surface area contributed by atoms with Crippen LogP contribution >= 0.6 is 0 Å². The summed E-state index contributed by atoms with van der Waals surface area (Å²) in [6, 6.07) is 15.3. The number of carboxylic acids is 2. The fourth-order valence-corrected chi connectivity index (χ4v) is 6.94. The summed E-state index contributed by atoms with van der Waals surface area (Å²) >= 11 is 0. The van der Waals surface area contributed by atoms with Crippen molar-refractivity contribution in [3.8, 4) is 0 Å². The first-order valence-electron chi connectivity index (χ1n) is 16.1. The maximum absolute atomic E-state index is 11.9. The molecule has 1 fully saturated rings. The van der Waals surface area contributed by atoms with Crippen LogP contribution in [0.4, 0.5) is 0 Å². The van der Waals surface area contributed by atoms with Crippen molar-refractivity contribution in [2.75, 3.05) is 40.8 Å². The highest BCUT2D eigenvalue weighted by atomic mass is 16.5. The van der Waals surface area contributed by atoms with E-state index in [-0.39, 0.29) is 17.0 Å². The number of benzene rings is 1. The Morgan fingerprint density at radius 1 is 0.894 bits per heavy atom. The Morgan fingerprint density at radius 3 is 2.13 bits per heavy atom. The summed E-state index contributed by atoms with van der Waals surface area (Å²) in [7, 11) is 6.12. The quantitative estimate of drug-likeness (QED) is 0.117. The lowest BCUT2D eigenvalue weighted by Crippen LogP contribution is -2.28. The normalized spacial score (nSPS) is 15.3. The summed E-state index contributed by atoms with van der Waals surface area (Å²) in [6.07, 6.45) is 7.34. The number of H-pyrrole nitrogens is 2. The van der Waals surface area contributed by atoms with Crippen molar-refractivity contribution in [2.45, 2.75) is 44.2 Å². The molecule has 11 nitrogen and oxygen atoms in total. The first kappa shape index (κ1) is 32.4. The zero-order valence-electron chi connectivity index (χ0n) is 27.1. The molecule has 11 heteroatoms. The molecule has 4 N–H and O–H groups in total. The van der Waals surface area contributed by atoms with E-state index >= 15 is 0 Å². The minimum Gasteiger partial charge on any atom is -0.478 e. The van der Waals surface area contributed by atoms with Crippen molar-refractivity contribution in [2.24, 2.45) is 5.92 Å². The van der Waals surface area contributed by atoms with Gasteiger partial charge in [0, 0.05) is 43.6 Å². The van der Waals surface area contributed by atoms with E-state index in [1.165, 1.54) is 25.1 Å². The number of aromatic nitrogens is 4. The summed E-state index contributed by atoms with van der Waals surface area (Å²) in [4.78, 5) is 43.7. The Bertz CT molecular complexity index is 1870. The van der Waals surface area contributed by atoms with Gasteiger partial charge in [0.05, 0.1) is 45.5 Å². The molecule has 5 aromatic rings. The highest BCUT2D eigenvalue weighted by molar-refractivity contribution is 6.01. The van der Waals surface area contributed by atoms with E-state index in [4.69, 9.17) is 4.74 Å². The molecule has 0 spiro atoms. The molecule has 4 aromatic heterocycles. The van der Waals surface area contributed by atoms with E-state index < -0.39 is 18.0 Å². The van der Waals surface area contributed by atoms with Crippen LogP contribution in [0.3, 0.4) is 0 Å². The smallest absolute Gasteiger partial charge is 0.337 e. The molecule has 6 rings (SSSR count). The fourth-order valence-electron chi connectivity index (χ4n) is 6.94. The molecule has 1 aliphatic rings. The van der Waals surface area contributed by atoms with E-state index in [0.29, 0.717) is 41.1 Å². The molecule has 0 bridgehead atoms. The third-order valence-corrected chi connectivity index (χ3v) is 9.23. The number of carboxylic acid groups (broad SMARTS) is 2. The number of aromatic amines is 2. The lowest BCUT2D eigenvalue weighted by Gasteiger charge is -2.28. The maximum atomic E-state index is 11.9. The minimum atomic E-state index is -1.01. The predicted molar refractivity (Wildman–Crippen MR) is 180 cm³/mol. The van der Waals surface area contributed by atoms with Crippen molar-refractivity contribution in [3.63, 3.8) is 0 Å². The van der Waals surface area contributed by atoms with Gasteiger partial charge in [-0.1, -0.05) is 37.1 Å². The average molecular weight is 639 g/mol. The van der Waals surface area contributed by atoms with Gasteiger partial charge in [0.15, 0.2) is 0 Å². The molecule has 246 valence electrons. The predicted octanol–water partition coefficient (Wildman–Crippen LogP) is 5.91. The van der Waals surface area contributed by atoms with Gasteiger partial charge in [-0.2, -0.15) is 0 Å². The molecule has 47 heavy (non-hydrogen) atoms. The van der Waals surface area contributed by atoms with E-state index in [1.807, 2.05) is 38.4 Å². The molecule has 0 amide bonds. The lowest BCUT2D eigenvalue weighted by atomic mass is 9.87. The molecule has 1 aliphatic carbocycles. The van der Waals surface area contributed by atoms with Crippen LogP contribution in [-0.2, 0) is 11.3 Å². The molecule has 2 atom stereocenters. The van der Waals surface area contributed by atoms with Crippen LogP contribution in [0.15, 0.2) is 60.9 Å². The second kappa shape index (κ2) is 14.0. The Kier molecular flexibility index (Phi) is 9.67. The summed E-state index contributed by atoms with van der Waals surface area (Å²) in [5.74, 6) is -1.25. The maximum Gasteiger partial charge on any atom is 0.337 e. The van der Waals surface area contributed by atoms with Gasteiger partial charge in [-0.25, -0.2) is 9.59 Å². The van der Waals surface area contributed by atoms with Crippen molar-refractivity contribution >= 4 is 34.0 Å². The third-order valence-electron chi connectivity index (χ3n) is 9.23. The summed E-state index contributed by atoms with van der Waals surface area (Å²) in [5, 5.41) is 19.5. The van der Waals surface area contributed by atoms with Crippen LogP contribution in [0.25, 0.3) is 22.1 Å². The van der Waals surface area contributed by atoms with Crippen LogP contribution in [0.2, 0.25) is 0 Å². The van der Waals surface area contributed by atoms with E-state index in [1.54, 1.807) is 12.3 Å². The zero-order valence-corrected chi connectivity index (χ0v) is 27.1. The molecule has 0 radical (unpaired) electrons. The van der Waals surface area contributed by atoms with E-state index in [0.717, 1.165) is 48.4 Å². The van der Waals surface area contributed by atoms with Gasteiger partial charge < -0.3 is 34.7 Å². The topological polar surface area (TPSA) is 148 Å². The van der Waals surface area contributed by atoms with Crippen molar-refractivity contribution < 1.29 is 24.5 Å². The van der Waals surface area contributed by atoms with Gasteiger partial charge in [0.1, 0.15) is 6.10 Å². The lowest BCUT2D eigenvalue weighted by molar-refractivity contribution is 0.0663. The standard InChI is InChI=1S/C36H42N6O5/c1-41(2)15-16-47-34(31-19-30-33(40-31)26(36(45)46)12-14-38-30)24-10-6-7-22(17-24)20-42(3)21-27(23-8-4-5-9-23)28-18-29-32(39-28)25(35(43)44)11-13-37-29/h6-7,10-14,17-19,23,27,34,39-40H,4-5,8-9,15-16,20-21H2,1-3H3,(H,43,44)(H,45,46). The number of carbonyl (C=O) groups is 2. The molecule has 2 unspecified atom stereocenters. The molecule has 1 saturated carbocycles. The number of fused-ring (bicyclic) bond motifs is 2. The Hall–Kier alpha value is -4.58. The van der Waals surface area contributed by atoms with Crippen LogP contribution in [0, 0.1) is 5.92 Å². The third kappa shape index (κ3) is 7.22. The van der Waals surface area contributed by atoms with Crippen molar-refractivity contribution in [1.82, 2.24) is 29.7 Å². The fraction of sp³-hybridized carbons (Fsp3) is 0.389. The number of likely N-dealkylation sites (N-methyl/N-ethyl adjacent to an activating group) is 2. The second-order valence-corrected chi connectivity index (χ2v) is 12.9. The van der Waals surface area contributed by atoms with Gasteiger partial charge >= 0.3 is 11.9 Å². The minimum absolute atomic E-state index is 0.172. The summed E-state index contributed by atoms with van der Waals surface area (Å²) < 4.78 is 6.45. The van der Waals surface area contributed by atoms with Crippen LogP contribution < -0.4 is 0 Å². The van der Waals surface area contributed by atoms with Gasteiger partial charge in [0.25, 0.3) is 0 Å². The number of rotatable bonds is 14. The Balaban J connectivity index is 1.26. The number of hydrogen-bond acceptors (Lipinski definition) is 7. The van der Waals surface area contributed by atoms with Gasteiger partial charge in [0.2, 0.25) is 0 Å². The van der Waals surface area contributed by atoms with Gasteiger partial charge in [-0.15, -0.1) is 0 Å². The van der Waals surface area contributed by atoms with Gasteiger partial charge in [-0.3, -0.25) is 9.97 Å². The van der Waals surface area contributed by atoms with Crippen LogP contribution in [0.1, 0.15) is 80.9 Å². The summed E-state index contributed by atoms with van der Waals surface area (Å²) in [5.41, 5.74) is 6.62. The molecule has 4 heterocycles. The molecular weight excluding hydrogens is 596 g/mol. The monoisotopic (exact) mass is 638 g/mol. The molecular formula is C36H42N6O5. The number of nitrogens with zero attached hydrogens (tertiary/aromatic N) is 4. The first-order chi connectivity index (χ1) is 22.7. The van der Waals surface area contributed by atoms with Crippen molar-refractivity contribution in [3.05, 3.63) is 94.6 Å². The highest BCUT2D eigenvalue weighted by Crippen LogP contribution is 2.39. The Labute approximate surface area is 273 Å². The first-order valence-corrected chi connectivity index (χ1v) is 16.1. The van der Waals surface area contributed by atoms with E-state index in [9.17, 15) is 19.8 Å². The second-order valence-electron chi connectivity index (χ2n) is 12.9. The number of hydrogen-bond donors (Lipinski definition) is 4.